The summed E-state index contributed by atoms with van der Waals surface area (Å²) >= 11 is 0. The number of nitrogens with zero attached hydrogens (tertiary/aromatic N) is 3. The Morgan fingerprint density at radius 3 is 2.79 bits per heavy atom. The van der Waals surface area contributed by atoms with Crippen LogP contribution in [0.25, 0.3) is 11.5 Å². The van der Waals surface area contributed by atoms with E-state index in [1.807, 2.05) is 36.1 Å². The van der Waals surface area contributed by atoms with Crippen LogP contribution in [0.1, 0.15) is 50.5 Å². The molecule has 128 valence electrons. The lowest BCUT2D eigenvalue weighted by atomic mass is 9.99. The van der Waals surface area contributed by atoms with Gasteiger partial charge in [-0.3, -0.25) is 4.79 Å². The lowest BCUT2D eigenvalue weighted by molar-refractivity contribution is -0.135. The minimum absolute atomic E-state index is 0.205. The molecule has 2 heterocycles. The molecule has 5 heteroatoms. The third-order valence-corrected chi connectivity index (χ3v) is 4.74. The van der Waals surface area contributed by atoms with E-state index in [0.717, 1.165) is 31.4 Å². The van der Waals surface area contributed by atoms with Crippen LogP contribution < -0.4 is 0 Å². The number of hydrogen-bond donors (Lipinski definition) is 0. The van der Waals surface area contributed by atoms with Crippen molar-refractivity contribution in [3.8, 4) is 11.5 Å². The molecule has 1 aromatic carbocycles. The van der Waals surface area contributed by atoms with Gasteiger partial charge in [0, 0.05) is 31.0 Å². The molecule has 1 unspecified atom stereocenters. The quantitative estimate of drug-likeness (QED) is 0.839. The Hall–Kier alpha value is -2.17. The smallest absolute Gasteiger partial charge is 0.247 e. The highest BCUT2D eigenvalue weighted by molar-refractivity contribution is 5.76. The minimum Gasteiger partial charge on any atom is -0.421 e. The van der Waals surface area contributed by atoms with Gasteiger partial charge in [0.05, 0.1) is 0 Å². The predicted octanol–water partition coefficient (Wildman–Crippen LogP) is 3.77. The number of aromatic nitrogens is 2. The number of aryl methyl sites for hydroxylation is 2. The fraction of sp³-hybridized carbons (Fsp3) is 0.526. The Balaban J connectivity index is 1.59. The topological polar surface area (TPSA) is 59.2 Å². The number of likely N-dealkylation sites (tertiary alicyclic amines) is 1. The number of carbonyl (C=O) groups is 1. The zero-order chi connectivity index (χ0) is 16.9. The van der Waals surface area contributed by atoms with Crippen molar-refractivity contribution in [2.24, 2.45) is 0 Å². The van der Waals surface area contributed by atoms with E-state index in [2.05, 4.69) is 17.1 Å². The van der Waals surface area contributed by atoms with Crippen molar-refractivity contribution in [1.29, 1.82) is 0 Å². The molecular weight excluding hydrogens is 302 g/mol. The maximum absolute atomic E-state index is 12.5. The van der Waals surface area contributed by atoms with E-state index in [1.54, 1.807) is 0 Å². The van der Waals surface area contributed by atoms with Crippen LogP contribution in [-0.4, -0.2) is 33.6 Å². The first-order valence-electron chi connectivity index (χ1n) is 8.86. The van der Waals surface area contributed by atoms with E-state index >= 15 is 0 Å². The van der Waals surface area contributed by atoms with Crippen molar-refractivity contribution in [3.05, 3.63) is 35.7 Å². The Morgan fingerprint density at radius 2 is 2.04 bits per heavy atom. The lowest BCUT2D eigenvalue weighted by Gasteiger charge is -2.35. The summed E-state index contributed by atoms with van der Waals surface area (Å²) in [5.74, 6) is 1.25. The summed E-state index contributed by atoms with van der Waals surface area (Å²) in [6, 6.07) is 8.37. The zero-order valence-electron chi connectivity index (χ0n) is 14.5. The molecule has 1 amide bonds. The van der Waals surface area contributed by atoms with E-state index < -0.39 is 0 Å². The summed E-state index contributed by atoms with van der Waals surface area (Å²) in [6.07, 6.45) is 5.44. The summed E-state index contributed by atoms with van der Waals surface area (Å²) in [7, 11) is 0. The first kappa shape index (κ1) is 16.7. The van der Waals surface area contributed by atoms with Crippen molar-refractivity contribution < 1.29 is 9.21 Å². The number of piperidine rings is 1. The van der Waals surface area contributed by atoms with Gasteiger partial charge in [0.1, 0.15) is 0 Å². The van der Waals surface area contributed by atoms with E-state index in [4.69, 9.17) is 4.42 Å². The molecule has 1 aromatic heterocycles. The molecule has 5 nitrogen and oxygen atoms in total. The number of rotatable bonds is 5. The second-order valence-electron chi connectivity index (χ2n) is 6.51. The van der Waals surface area contributed by atoms with Crippen LogP contribution in [0.4, 0.5) is 0 Å². The molecule has 0 spiro atoms. The first-order chi connectivity index (χ1) is 11.7. The van der Waals surface area contributed by atoms with E-state index in [9.17, 15) is 4.79 Å². The number of benzene rings is 1. The largest absolute Gasteiger partial charge is 0.421 e. The molecule has 24 heavy (non-hydrogen) atoms. The third-order valence-electron chi connectivity index (χ3n) is 4.74. The number of carbonyl (C=O) groups excluding carboxylic acids is 1. The second-order valence-corrected chi connectivity index (χ2v) is 6.51. The van der Waals surface area contributed by atoms with Crippen molar-refractivity contribution >= 4 is 5.91 Å². The van der Waals surface area contributed by atoms with Crippen molar-refractivity contribution in [2.45, 2.75) is 58.4 Å². The van der Waals surface area contributed by atoms with Crippen molar-refractivity contribution in [3.63, 3.8) is 0 Å². The number of hydrogen-bond acceptors (Lipinski definition) is 4. The maximum Gasteiger partial charge on any atom is 0.247 e. The average molecular weight is 327 g/mol. The number of amides is 1. The molecule has 0 N–H and O–H groups in total. The zero-order valence-corrected chi connectivity index (χ0v) is 14.5. The van der Waals surface area contributed by atoms with Gasteiger partial charge in [-0.05, 0) is 44.7 Å². The summed E-state index contributed by atoms with van der Waals surface area (Å²) in [6.45, 7) is 5.08. The molecule has 1 aliphatic heterocycles. The maximum atomic E-state index is 12.5. The van der Waals surface area contributed by atoms with Gasteiger partial charge in [-0.15, -0.1) is 10.2 Å². The van der Waals surface area contributed by atoms with Gasteiger partial charge in [-0.2, -0.15) is 0 Å². The van der Waals surface area contributed by atoms with Crippen LogP contribution in [0.5, 0.6) is 0 Å². The fourth-order valence-corrected chi connectivity index (χ4v) is 3.28. The molecule has 1 aliphatic rings. The average Bonchev–Trinajstić information content (AvgIpc) is 3.09. The van der Waals surface area contributed by atoms with E-state index in [1.165, 1.54) is 12.0 Å². The van der Waals surface area contributed by atoms with Crippen LogP contribution in [0.15, 0.2) is 28.7 Å². The van der Waals surface area contributed by atoms with Crippen LogP contribution in [0.2, 0.25) is 0 Å². The van der Waals surface area contributed by atoms with Gasteiger partial charge >= 0.3 is 0 Å². The van der Waals surface area contributed by atoms with Gasteiger partial charge in [-0.25, -0.2) is 0 Å². The molecule has 1 atom stereocenters. The van der Waals surface area contributed by atoms with Gasteiger partial charge in [0.25, 0.3) is 0 Å². The monoisotopic (exact) mass is 327 g/mol. The molecule has 0 aliphatic carbocycles. The van der Waals surface area contributed by atoms with Crippen LogP contribution in [-0.2, 0) is 11.2 Å². The highest BCUT2D eigenvalue weighted by atomic mass is 16.4. The van der Waals surface area contributed by atoms with Crippen LogP contribution in [0.3, 0.4) is 0 Å². The molecule has 2 aromatic rings. The van der Waals surface area contributed by atoms with Crippen LogP contribution >= 0.6 is 0 Å². The van der Waals surface area contributed by atoms with Crippen molar-refractivity contribution in [1.82, 2.24) is 15.1 Å². The van der Waals surface area contributed by atoms with Gasteiger partial charge in [-0.1, -0.05) is 24.6 Å². The summed E-state index contributed by atoms with van der Waals surface area (Å²) < 4.78 is 5.71. The summed E-state index contributed by atoms with van der Waals surface area (Å²) in [4.78, 5) is 14.5. The first-order valence-corrected chi connectivity index (χ1v) is 8.86. The molecular formula is C19H25N3O2. The molecule has 0 saturated carbocycles. The molecule has 1 saturated heterocycles. The highest BCUT2D eigenvalue weighted by Gasteiger charge is 2.25. The molecule has 0 radical (unpaired) electrons. The molecule has 3 rings (SSSR count). The van der Waals surface area contributed by atoms with Gasteiger partial charge in [0.15, 0.2) is 0 Å². The Kier molecular flexibility index (Phi) is 5.28. The standard InChI is InChI=1S/C19H25N3O2/c1-3-16-6-4-5-13-22(16)18(23)12-11-17-20-21-19(24-17)15-9-7-14(2)8-10-15/h7-10,16H,3-6,11-13H2,1-2H3. The normalized spacial score (nSPS) is 17.9. The Morgan fingerprint density at radius 1 is 1.25 bits per heavy atom. The minimum atomic E-state index is 0.205. The van der Waals surface area contributed by atoms with E-state index in [0.29, 0.717) is 30.7 Å². The highest BCUT2D eigenvalue weighted by Crippen LogP contribution is 2.22. The van der Waals surface area contributed by atoms with Crippen LogP contribution in [0, 0.1) is 6.92 Å². The second kappa shape index (κ2) is 7.60. The Labute approximate surface area is 143 Å². The Bertz CT molecular complexity index is 678. The van der Waals surface area contributed by atoms with Gasteiger partial charge in [0.2, 0.25) is 17.7 Å². The molecule has 1 fully saturated rings. The molecule has 0 bridgehead atoms. The summed E-state index contributed by atoms with van der Waals surface area (Å²) in [5, 5.41) is 8.18. The predicted molar refractivity (Wildman–Crippen MR) is 92.4 cm³/mol. The van der Waals surface area contributed by atoms with E-state index in [-0.39, 0.29) is 5.91 Å². The fourth-order valence-electron chi connectivity index (χ4n) is 3.28. The third kappa shape index (κ3) is 3.83. The summed E-state index contributed by atoms with van der Waals surface area (Å²) in [5.41, 5.74) is 2.10. The lowest BCUT2D eigenvalue weighted by Crippen LogP contribution is -2.43. The SMILES string of the molecule is CCC1CCCCN1C(=O)CCc1nnc(-c2ccc(C)cc2)o1. The van der Waals surface area contributed by atoms with Crippen molar-refractivity contribution in [2.75, 3.05) is 6.54 Å². The van der Waals surface area contributed by atoms with Gasteiger partial charge < -0.3 is 9.32 Å².